The zero-order chi connectivity index (χ0) is 18.9. The van der Waals surface area contributed by atoms with E-state index in [1.807, 2.05) is 24.3 Å². The maximum Gasteiger partial charge on any atom is 0.188 e. The van der Waals surface area contributed by atoms with Gasteiger partial charge in [0.15, 0.2) is 6.79 Å². The summed E-state index contributed by atoms with van der Waals surface area (Å²) in [7, 11) is 6.35. The van der Waals surface area contributed by atoms with Gasteiger partial charge in [-0.3, -0.25) is 0 Å². The largest absolute Gasteiger partial charge is 0.497 e. The highest BCUT2D eigenvalue weighted by Gasteiger charge is 2.16. The lowest BCUT2D eigenvalue weighted by atomic mass is 10.00. The molecule has 0 aliphatic carbocycles. The van der Waals surface area contributed by atoms with Crippen molar-refractivity contribution in [3.8, 4) is 23.0 Å². The van der Waals surface area contributed by atoms with Crippen molar-refractivity contribution in [3.63, 3.8) is 0 Å². The Morgan fingerprint density at radius 3 is 2.08 bits per heavy atom. The van der Waals surface area contributed by atoms with Gasteiger partial charge in [-0.05, 0) is 30.5 Å². The van der Waals surface area contributed by atoms with Crippen molar-refractivity contribution in [1.29, 1.82) is 0 Å². The molecule has 142 valence electrons. The second kappa shape index (κ2) is 9.89. The van der Waals surface area contributed by atoms with Crippen molar-refractivity contribution >= 4 is 0 Å². The second-order valence-corrected chi connectivity index (χ2v) is 5.68. The van der Waals surface area contributed by atoms with Gasteiger partial charge in [0.2, 0.25) is 0 Å². The minimum absolute atomic E-state index is 0.115. The highest BCUT2D eigenvalue weighted by molar-refractivity contribution is 5.51. The van der Waals surface area contributed by atoms with Gasteiger partial charge < -0.3 is 28.8 Å². The summed E-state index contributed by atoms with van der Waals surface area (Å²) < 4.78 is 26.6. The Labute approximate surface area is 154 Å². The third kappa shape index (κ3) is 5.03. The van der Waals surface area contributed by atoms with E-state index in [4.69, 9.17) is 23.7 Å². The lowest BCUT2D eigenvalue weighted by Crippen LogP contribution is -2.06. The standard InChI is InChI=1S/C20H26O6/c1-22-13-26-20-12-16(24-3)11-19(25-4)17(20)9-10-18(21)14-5-7-15(23-2)8-6-14/h5-8,11-12,18,21H,9-10,13H2,1-4H3. The van der Waals surface area contributed by atoms with E-state index in [1.165, 1.54) is 0 Å². The average molecular weight is 362 g/mol. The number of aliphatic hydroxyl groups excluding tert-OH is 1. The van der Waals surface area contributed by atoms with Crippen LogP contribution in [-0.4, -0.2) is 40.3 Å². The van der Waals surface area contributed by atoms with E-state index in [9.17, 15) is 5.11 Å². The second-order valence-electron chi connectivity index (χ2n) is 5.68. The maximum absolute atomic E-state index is 10.5. The Bertz CT molecular complexity index is 683. The van der Waals surface area contributed by atoms with Crippen LogP contribution in [0.2, 0.25) is 0 Å². The van der Waals surface area contributed by atoms with Gasteiger partial charge in [0.25, 0.3) is 0 Å². The van der Waals surface area contributed by atoms with Gasteiger partial charge in [-0.1, -0.05) is 12.1 Å². The predicted molar refractivity (Wildman–Crippen MR) is 98.3 cm³/mol. The molecule has 0 radical (unpaired) electrons. The first-order valence-corrected chi connectivity index (χ1v) is 8.31. The van der Waals surface area contributed by atoms with Crippen LogP contribution in [0.5, 0.6) is 23.0 Å². The molecule has 0 fully saturated rings. The number of aliphatic hydroxyl groups is 1. The summed E-state index contributed by atoms with van der Waals surface area (Å²) in [4.78, 5) is 0. The van der Waals surface area contributed by atoms with E-state index in [0.717, 1.165) is 16.9 Å². The molecule has 0 spiro atoms. The molecule has 6 heteroatoms. The van der Waals surface area contributed by atoms with Gasteiger partial charge in [-0.15, -0.1) is 0 Å². The number of ether oxygens (including phenoxy) is 5. The first-order valence-electron chi connectivity index (χ1n) is 8.31. The molecule has 0 aromatic heterocycles. The molecule has 0 amide bonds. The van der Waals surface area contributed by atoms with Crippen molar-refractivity contribution in [3.05, 3.63) is 47.5 Å². The number of hydrogen-bond acceptors (Lipinski definition) is 6. The molecule has 2 aromatic carbocycles. The topological polar surface area (TPSA) is 66.4 Å². The van der Waals surface area contributed by atoms with Crippen molar-refractivity contribution in [2.75, 3.05) is 35.2 Å². The minimum Gasteiger partial charge on any atom is -0.497 e. The molecule has 0 heterocycles. The van der Waals surface area contributed by atoms with E-state index >= 15 is 0 Å². The van der Waals surface area contributed by atoms with Crippen LogP contribution in [0.4, 0.5) is 0 Å². The molecule has 6 nitrogen and oxygen atoms in total. The third-order valence-electron chi connectivity index (χ3n) is 4.10. The fourth-order valence-corrected chi connectivity index (χ4v) is 2.67. The molecule has 1 atom stereocenters. The molecule has 26 heavy (non-hydrogen) atoms. The normalized spacial score (nSPS) is 11.7. The number of rotatable bonds is 10. The Balaban J connectivity index is 2.17. The van der Waals surface area contributed by atoms with Crippen LogP contribution in [0.1, 0.15) is 23.7 Å². The smallest absolute Gasteiger partial charge is 0.188 e. The summed E-state index contributed by atoms with van der Waals surface area (Å²) in [5.74, 6) is 2.66. The summed E-state index contributed by atoms with van der Waals surface area (Å²) in [6.07, 6.45) is 0.473. The summed E-state index contributed by atoms with van der Waals surface area (Å²) in [6, 6.07) is 11.0. The van der Waals surface area contributed by atoms with E-state index < -0.39 is 6.10 Å². The molecule has 1 unspecified atom stereocenters. The van der Waals surface area contributed by atoms with E-state index in [1.54, 1.807) is 40.6 Å². The summed E-state index contributed by atoms with van der Waals surface area (Å²) in [5, 5.41) is 10.5. The van der Waals surface area contributed by atoms with Gasteiger partial charge in [0, 0.05) is 24.8 Å². The maximum atomic E-state index is 10.5. The van der Waals surface area contributed by atoms with E-state index in [2.05, 4.69) is 0 Å². The molecule has 0 bridgehead atoms. The molecule has 2 aromatic rings. The van der Waals surface area contributed by atoms with Crippen LogP contribution >= 0.6 is 0 Å². The number of hydrogen-bond donors (Lipinski definition) is 1. The van der Waals surface area contributed by atoms with Crippen LogP contribution in [0, 0.1) is 0 Å². The quantitative estimate of drug-likeness (QED) is 0.654. The van der Waals surface area contributed by atoms with Crippen LogP contribution in [-0.2, 0) is 11.2 Å². The van der Waals surface area contributed by atoms with Crippen LogP contribution < -0.4 is 18.9 Å². The van der Waals surface area contributed by atoms with Gasteiger partial charge in [-0.25, -0.2) is 0 Å². The van der Waals surface area contributed by atoms with Gasteiger partial charge in [-0.2, -0.15) is 0 Å². The van der Waals surface area contributed by atoms with Gasteiger partial charge in [0.1, 0.15) is 23.0 Å². The SMILES string of the molecule is COCOc1cc(OC)cc(OC)c1CCC(O)c1ccc(OC)cc1. The fourth-order valence-electron chi connectivity index (χ4n) is 2.67. The first kappa shape index (κ1) is 19.9. The molecule has 2 rings (SSSR count). The molecule has 0 aliphatic rings. The molecule has 1 N–H and O–H groups in total. The lowest BCUT2D eigenvalue weighted by molar-refractivity contribution is 0.0499. The Morgan fingerprint density at radius 1 is 0.846 bits per heavy atom. The highest BCUT2D eigenvalue weighted by Crippen LogP contribution is 2.36. The summed E-state index contributed by atoms with van der Waals surface area (Å²) in [6.45, 7) is 0.115. The van der Waals surface area contributed by atoms with Crippen LogP contribution in [0.25, 0.3) is 0 Å². The van der Waals surface area contributed by atoms with Crippen LogP contribution in [0.15, 0.2) is 36.4 Å². The van der Waals surface area contributed by atoms with Crippen molar-refractivity contribution < 1.29 is 28.8 Å². The Morgan fingerprint density at radius 2 is 1.50 bits per heavy atom. The average Bonchev–Trinajstić information content (AvgIpc) is 2.70. The predicted octanol–water partition coefficient (Wildman–Crippen LogP) is 3.36. The highest BCUT2D eigenvalue weighted by atomic mass is 16.7. The van der Waals surface area contributed by atoms with Gasteiger partial charge >= 0.3 is 0 Å². The molecule has 0 aliphatic heterocycles. The minimum atomic E-state index is -0.608. The zero-order valence-electron chi connectivity index (χ0n) is 15.7. The Kier molecular flexibility index (Phi) is 7.56. The van der Waals surface area contributed by atoms with E-state index in [-0.39, 0.29) is 6.79 Å². The summed E-state index contributed by atoms with van der Waals surface area (Å²) >= 11 is 0. The van der Waals surface area contributed by atoms with Crippen LogP contribution in [0.3, 0.4) is 0 Å². The monoisotopic (exact) mass is 362 g/mol. The zero-order valence-corrected chi connectivity index (χ0v) is 15.7. The number of benzene rings is 2. The summed E-state index contributed by atoms with van der Waals surface area (Å²) in [5.41, 5.74) is 1.69. The fraction of sp³-hybridized carbons (Fsp3) is 0.400. The first-order chi connectivity index (χ1) is 12.6. The molecular formula is C20H26O6. The Hall–Kier alpha value is -2.44. The third-order valence-corrected chi connectivity index (χ3v) is 4.10. The molecule has 0 saturated carbocycles. The van der Waals surface area contributed by atoms with Gasteiger partial charge in [0.05, 0.1) is 27.4 Å². The molecular weight excluding hydrogens is 336 g/mol. The van der Waals surface area contributed by atoms with Crippen molar-refractivity contribution in [2.24, 2.45) is 0 Å². The van der Waals surface area contributed by atoms with E-state index in [0.29, 0.717) is 30.1 Å². The number of methoxy groups -OCH3 is 4. The lowest BCUT2D eigenvalue weighted by Gasteiger charge is -2.18. The van der Waals surface area contributed by atoms with Crippen molar-refractivity contribution in [2.45, 2.75) is 18.9 Å². The van der Waals surface area contributed by atoms with Crippen molar-refractivity contribution in [1.82, 2.24) is 0 Å². The molecule has 0 saturated heterocycles.